The zero-order chi connectivity index (χ0) is 49.5. The van der Waals surface area contributed by atoms with Gasteiger partial charge in [0.25, 0.3) is 0 Å². The number of aliphatic hydroxyl groups is 2. The fourth-order valence-electron chi connectivity index (χ4n) is 6.78. The maximum absolute atomic E-state index is 12.1. The summed E-state index contributed by atoms with van der Waals surface area (Å²) < 4.78 is 97.3. The third kappa shape index (κ3) is 28.9. The summed E-state index contributed by atoms with van der Waals surface area (Å²) >= 11 is 0. The van der Waals surface area contributed by atoms with Gasteiger partial charge in [0.05, 0.1) is 36.9 Å². The van der Waals surface area contributed by atoms with Gasteiger partial charge in [-0.05, 0) is 12.8 Å². The number of carbonyl (C=O) groups excluding carboxylic acids is 6. The standard InChI is InChI=1S/2C22H38O10S.Ca/c2*1-2-3-4-5-6-7-8-9-10-11-12-19(24)30-15-22(14-23)16-31-20(25)13-18(33(27,28)29)21(26)32-17-22;/h2*18,23H,2-17H2,1H3,(H,27,28,29);/q;;+2/p-2. The Labute approximate surface area is 426 Å². The molecule has 0 radical (unpaired) electrons. The van der Waals surface area contributed by atoms with Gasteiger partial charge in [0.15, 0.2) is 10.5 Å². The largest absolute Gasteiger partial charge is 2.00 e. The smallest absolute Gasteiger partial charge is 0.747 e. The van der Waals surface area contributed by atoms with Gasteiger partial charge in [0.2, 0.25) is 0 Å². The summed E-state index contributed by atoms with van der Waals surface area (Å²) in [5.74, 6) is -6.02. The van der Waals surface area contributed by atoms with E-state index in [1.54, 1.807) is 0 Å². The van der Waals surface area contributed by atoms with Crippen LogP contribution in [-0.4, -0.2) is 173 Å². The average molecular weight is 1030 g/mol. The number of hydrogen-bond donors (Lipinski definition) is 2. The molecule has 2 saturated heterocycles. The zero-order valence-corrected chi connectivity index (χ0v) is 43.4. The van der Waals surface area contributed by atoms with Crippen LogP contribution in [0.15, 0.2) is 0 Å². The van der Waals surface area contributed by atoms with Crippen molar-refractivity contribution < 1.29 is 93.3 Å². The molecule has 0 aromatic rings. The molecule has 0 bridgehead atoms. The molecule has 2 heterocycles. The molecule has 0 amide bonds. The van der Waals surface area contributed by atoms with Gasteiger partial charge >= 0.3 is 73.6 Å². The normalized spacial score (nSPS) is 21.6. The third-order valence-corrected chi connectivity index (χ3v) is 13.4. The van der Waals surface area contributed by atoms with E-state index in [2.05, 4.69) is 13.8 Å². The molecule has 2 fully saturated rings. The molecule has 2 rings (SSSR count). The van der Waals surface area contributed by atoms with Crippen LogP contribution < -0.4 is 0 Å². The summed E-state index contributed by atoms with van der Waals surface area (Å²) in [7, 11) is -10.3. The van der Waals surface area contributed by atoms with Crippen LogP contribution in [0.1, 0.15) is 168 Å². The second-order valence-corrected chi connectivity index (χ2v) is 20.5. The molecule has 4 atom stereocenters. The monoisotopic (exact) mass is 1030 g/mol. The zero-order valence-electron chi connectivity index (χ0n) is 39.5. The number of esters is 6. The van der Waals surface area contributed by atoms with Gasteiger partial charge < -0.3 is 47.7 Å². The molecule has 384 valence electrons. The van der Waals surface area contributed by atoms with Gasteiger partial charge in [0, 0.05) is 12.8 Å². The molecular weight excluding hydrogens is 953 g/mol. The fraction of sp³-hybridized carbons (Fsp3) is 0.864. The predicted molar refractivity (Wildman–Crippen MR) is 240 cm³/mol. The van der Waals surface area contributed by atoms with Crippen molar-refractivity contribution >= 4 is 93.8 Å². The van der Waals surface area contributed by atoms with Crippen molar-refractivity contribution in [3.05, 3.63) is 0 Å². The van der Waals surface area contributed by atoms with Gasteiger partial charge in [0.1, 0.15) is 59.9 Å². The van der Waals surface area contributed by atoms with E-state index in [0.717, 1.165) is 38.5 Å². The molecule has 4 unspecified atom stereocenters. The summed E-state index contributed by atoms with van der Waals surface area (Å²) in [5.41, 5.74) is -2.89. The second-order valence-electron chi connectivity index (χ2n) is 17.4. The van der Waals surface area contributed by atoms with Gasteiger partial charge in [-0.3, -0.25) is 28.8 Å². The van der Waals surface area contributed by atoms with Crippen LogP contribution in [0.25, 0.3) is 0 Å². The Morgan fingerprint density at radius 1 is 0.522 bits per heavy atom. The molecule has 20 nitrogen and oxygen atoms in total. The summed E-state index contributed by atoms with van der Waals surface area (Å²) in [6.45, 7) is 0.195. The van der Waals surface area contributed by atoms with Crippen molar-refractivity contribution in [2.75, 3.05) is 52.9 Å². The van der Waals surface area contributed by atoms with Crippen LogP contribution >= 0.6 is 0 Å². The summed E-state index contributed by atoms with van der Waals surface area (Å²) in [4.78, 5) is 71.7. The Hall–Kier alpha value is -2.18. The van der Waals surface area contributed by atoms with E-state index >= 15 is 0 Å². The van der Waals surface area contributed by atoms with Crippen molar-refractivity contribution in [1.29, 1.82) is 0 Å². The second kappa shape index (κ2) is 35.8. The first-order chi connectivity index (χ1) is 31.3. The number of hydrogen-bond acceptors (Lipinski definition) is 20. The van der Waals surface area contributed by atoms with E-state index in [-0.39, 0.29) is 50.6 Å². The van der Waals surface area contributed by atoms with Crippen LogP contribution in [0.2, 0.25) is 0 Å². The molecule has 0 aromatic carbocycles. The van der Waals surface area contributed by atoms with E-state index < -0.39 is 143 Å². The number of ether oxygens (including phenoxy) is 6. The van der Waals surface area contributed by atoms with E-state index in [1.807, 2.05) is 0 Å². The minimum absolute atomic E-state index is 0. The summed E-state index contributed by atoms with van der Waals surface area (Å²) in [5, 5.41) is 15.1. The number of cyclic esters (lactones) is 4. The van der Waals surface area contributed by atoms with Crippen LogP contribution in [0, 0.1) is 10.8 Å². The summed E-state index contributed by atoms with van der Waals surface area (Å²) in [6, 6.07) is 0. The maximum Gasteiger partial charge on any atom is 2.00 e. The van der Waals surface area contributed by atoms with Gasteiger partial charge in [-0.15, -0.1) is 0 Å². The Morgan fingerprint density at radius 3 is 1.06 bits per heavy atom. The van der Waals surface area contributed by atoms with Crippen molar-refractivity contribution in [1.82, 2.24) is 0 Å². The molecule has 67 heavy (non-hydrogen) atoms. The number of unbranched alkanes of at least 4 members (excludes halogenated alkanes) is 18. The van der Waals surface area contributed by atoms with E-state index in [1.165, 1.54) is 77.0 Å². The van der Waals surface area contributed by atoms with Crippen LogP contribution in [0.4, 0.5) is 0 Å². The van der Waals surface area contributed by atoms with Crippen molar-refractivity contribution in [3.63, 3.8) is 0 Å². The van der Waals surface area contributed by atoms with E-state index in [4.69, 9.17) is 28.4 Å². The predicted octanol–water partition coefficient (Wildman–Crippen LogP) is 4.07. The minimum atomic E-state index is -5.13. The molecule has 0 spiro atoms. The van der Waals surface area contributed by atoms with E-state index in [0.29, 0.717) is 12.8 Å². The molecule has 0 aliphatic carbocycles. The molecule has 0 saturated carbocycles. The first kappa shape index (κ1) is 64.8. The van der Waals surface area contributed by atoms with Gasteiger partial charge in [-0.1, -0.05) is 129 Å². The molecule has 23 heteroatoms. The van der Waals surface area contributed by atoms with E-state index in [9.17, 15) is 64.9 Å². The fourth-order valence-corrected chi connectivity index (χ4v) is 8.07. The minimum Gasteiger partial charge on any atom is -0.747 e. The third-order valence-electron chi connectivity index (χ3n) is 11.3. The van der Waals surface area contributed by atoms with Gasteiger partial charge in [-0.2, -0.15) is 0 Å². The molecule has 2 aliphatic rings. The van der Waals surface area contributed by atoms with Gasteiger partial charge in [-0.25, -0.2) is 16.8 Å². The number of rotatable bonds is 30. The quantitative estimate of drug-likeness (QED) is 0.0337. The molecule has 2 aliphatic heterocycles. The topological polar surface area (TPSA) is 313 Å². The van der Waals surface area contributed by atoms with Crippen LogP contribution in [0.3, 0.4) is 0 Å². The van der Waals surface area contributed by atoms with Crippen molar-refractivity contribution in [2.45, 2.75) is 178 Å². The molecule has 2 N–H and O–H groups in total. The van der Waals surface area contributed by atoms with Crippen LogP contribution in [-0.2, 0) is 77.4 Å². The Bertz CT molecular complexity index is 1570. The Kier molecular flexibility index (Phi) is 34.7. The Morgan fingerprint density at radius 2 is 0.791 bits per heavy atom. The first-order valence-corrected chi connectivity index (χ1v) is 26.3. The maximum atomic E-state index is 12.1. The number of aliphatic hydroxyl groups excluding tert-OH is 2. The van der Waals surface area contributed by atoms with Crippen molar-refractivity contribution in [3.8, 4) is 0 Å². The van der Waals surface area contributed by atoms with Crippen LogP contribution in [0.5, 0.6) is 0 Å². The average Bonchev–Trinajstić information content (AvgIpc) is 3.38. The molecule has 0 aromatic heterocycles. The first-order valence-electron chi connectivity index (χ1n) is 23.3. The van der Waals surface area contributed by atoms with Crippen molar-refractivity contribution in [2.24, 2.45) is 10.8 Å². The number of carbonyl (C=O) groups is 6. The Balaban J connectivity index is 0.00000128. The molecular formula is C44H74CaO20S2. The summed E-state index contributed by atoms with van der Waals surface area (Å²) in [6.07, 6.45) is 20.9. The SMILES string of the molecule is CCCCCCCCCCCCC(=O)OCC1(CO)COC(=O)CC(S(=O)(=O)[O-])C(=O)OC1.CCCCCCCCCCCCC(=O)OCC1(CO)COC(=O)CC(S(=O)(=O)[O-])C(=O)OC1.[Ca+2].